The quantitative estimate of drug-likeness (QED) is 0.572. The van der Waals surface area contributed by atoms with Gasteiger partial charge in [-0.1, -0.05) is 18.2 Å². The van der Waals surface area contributed by atoms with Gasteiger partial charge in [-0.05, 0) is 13.0 Å². The molecule has 0 unspecified atom stereocenters. The molecule has 140 valence electrons. The van der Waals surface area contributed by atoms with Gasteiger partial charge in [0.25, 0.3) is 0 Å². The van der Waals surface area contributed by atoms with Gasteiger partial charge < -0.3 is 24.6 Å². The van der Waals surface area contributed by atoms with Crippen LogP contribution in [-0.4, -0.2) is 55.7 Å². The number of aliphatic carboxylic acids is 3. The molecule has 1 aromatic heterocycles. The number of aromatic nitrogens is 2. The highest BCUT2D eigenvalue weighted by Gasteiger charge is 2.50. The molecule has 1 aromatic carbocycles. The summed E-state index contributed by atoms with van der Waals surface area (Å²) in [6, 6.07) is 8.32. The minimum Gasteiger partial charge on any atom is -0.518 e. The van der Waals surface area contributed by atoms with Gasteiger partial charge in [0.05, 0.1) is 24.2 Å². The van der Waals surface area contributed by atoms with E-state index >= 15 is 0 Å². The second kappa shape index (κ2) is 6.76. The molecule has 10 nitrogen and oxygen atoms in total. The minimum atomic E-state index is -2.51. The standard InChI is InChI=1S/C16H15BN2O8/c1-9-6-12-19(18-9)11-5-3-2-4-10(11)17(26-12)27-16(15(24)25,7-13(20)21)8-14(22)23/h2-6H,7-8H2,1H3,(H,20,21)(H,22,23)(H,24,25). The van der Waals surface area contributed by atoms with Gasteiger partial charge in [0.15, 0.2) is 5.60 Å². The number of para-hydroxylation sites is 1. The van der Waals surface area contributed by atoms with Gasteiger partial charge in [-0.15, -0.1) is 0 Å². The van der Waals surface area contributed by atoms with Gasteiger partial charge >= 0.3 is 25.0 Å². The molecule has 0 radical (unpaired) electrons. The normalized spacial score (nSPS) is 12.7. The molecule has 11 heteroatoms. The number of nitrogens with zero attached hydrogens (tertiary/aromatic N) is 2. The molecule has 0 fully saturated rings. The lowest BCUT2D eigenvalue weighted by atomic mass is 9.74. The molecule has 0 spiro atoms. The van der Waals surface area contributed by atoms with Crippen LogP contribution >= 0.6 is 0 Å². The lowest BCUT2D eigenvalue weighted by molar-refractivity contribution is -0.168. The molecule has 0 saturated carbocycles. The summed E-state index contributed by atoms with van der Waals surface area (Å²) in [6.45, 7) is 1.74. The number of rotatable bonds is 7. The number of hydrogen-bond acceptors (Lipinski definition) is 6. The first-order valence-electron chi connectivity index (χ1n) is 7.89. The number of fused-ring (bicyclic) bond motifs is 3. The summed E-state index contributed by atoms with van der Waals surface area (Å²) in [5.74, 6) is -4.46. The van der Waals surface area contributed by atoms with E-state index in [-0.39, 0.29) is 5.88 Å². The zero-order chi connectivity index (χ0) is 19.8. The Morgan fingerprint density at radius 1 is 1.19 bits per heavy atom. The van der Waals surface area contributed by atoms with Crippen molar-refractivity contribution in [1.82, 2.24) is 9.78 Å². The minimum absolute atomic E-state index is 0.265. The van der Waals surface area contributed by atoms with E-state index < -0.39 is 43.5 Å². The number of benzene rings is 1. The Bertz CT molecular complexity index is 909. The zero-order valence-electron chi connectivity index (χ0n) is 14.2. The summed E-state index contributed by atoms with van der Waals surface area (Å²) in [5.41, 5.74) is -0.913. The first kappa shape index (κ1) is 18.5. The fourth-order valence-corrected chi connectivity index (χ4v) is 2.91. The Morgan fingerprint density at radius 2 is 1.81 bits per heavy atom. The first-order chi connectivity index (χ1) is 12.7. The van der Waals surface area contributed by atoms with E-state index in [4.69, 9.17) is 19.5 Å². The average Bonchev–Trinajstić information content (AvgIpc) is 2.94. The second-order valence-electron chi connectivity index (χ2n) is 6.10. The maximum absolute atomic E-state index is 11.8. The van der Waals surface area contributed by atoms with Crippen LogP contribution in [0.2, 0.25) is 0 Å². The summed E-state index contributed by atoms with van der Waals surface area (Å²) in [4.78, 5) is 34.2. The predicted octanol–water partition coefficient (Wildman–Crippen LogP) is 0.0577. The lowest BCUT2D eigenvalue weighted by Crippen LogP contribution is -2.56. The summed E-state index contributed by atoms with van der Waals surface area (Å²) >= 11 is 0. The van der Waals surface area contributed by atoms with Crippen LogP contribution in [0.25, 0.3) is 5.69 Å². The Morgan fingerprint density at radius 3 is 2.41 bits per heavy atom. The van der Waals surface area contributed by atoms with Gasteiger partial charge in [0, 0.05) is 11.5 Å². The number of carbonyl (C=O) groups is 3. The maximum atomic E-state index is 11.8. The maximum Gasteiger partial charge on any atom is 0.566 e. The van der Waals surface area contributed by atoms with Crippen molar-refractivity contribution in [3.8, 4) is 11.6 Å². The van der Waals surface area contributed by atoms with E-state index in [2.05, 4.69) is 5.10 Å². The van der Waals surface area contributed by atoms with Crippen LogP contribution < -0.4 is 10.1 Å². The van der Waals surface area contributed by atoms with E-state index in [1.165, 1.54) is 4.68 Å². The van der Waals surface area contributed by atoms with E-state index in [1.807, 2.05) is 0 Å². The zero-order valence-corrected chi connectivity index (χ0v) is 14.2. The van der Waals surface area contributed by atoms with Gasteiger partial charge in [0.1, 0.15) is 0 Å². The number of carboxylic acids is 3. The van der Waals surface area contributed by atoms with Crippen molar-refractivity contribution in [1.29, 1.82) is 0 Å². The first-order valence-corrected chi connectivity index (χ1v) is 7.89. The molecular weight excluding hydrogens is 359 g/mol. The molecule has 2 aromatic rings. The molecule has 3 rings (SSSR count). The highest BCUT2D eigenvalue weighted by molar-refractivity contribution is 6.64. The van der Waals surface area contributed by atoms with Crippen molar-refractivity contribution < 1.29 is 39.0 Å². The third-order valence-corrected chi connectivity index (χ3v) is 4.04. The van der Waals surface area contributed by atoms with E-state index in [0.29, 0.717) is 16.8 Å². The second-order valence-corrected chi connectivity index (χ2v) is 6.10. The predicted molar refractivity (Wildman–Crippen MR) is 90.3 cm³/mol. The third kappa shape index (κ3) is 3.49. The number of hydrogen-bond donors (Lipinski definition) is 3. The smallest absolute Gasteiger partial charge is 0.518 e. The van der Waals surface area contributed by atoms with Crippen molar-refractivity contribution in [2.45, 2.75) is 25.4 Å². The Hall–Kier alpha value is -3.34. The lowest BCUT2D eigenvalue weighted by Gasteiger charge is -2.32. The summed E-state index contributed by atoms with van der Waals surface area (Å²) in [6.07, 6.45) is -2.09. The van der Waals surface area contributed by atoms with Gasteiger partial charge in [-0.3, -0.25) is 9.59 Å². The van der Waals surface area contributed by atoms with Crippen LogP contribution in [0.3, 0.4) is 0 Å². The molecule has 2 heterocycles. The summed E-state index contributed by atoms with van der Waals surface area (Å²) < 4.78 is 12.7. The molecule has 0 saturated heterocycles. The van der Waals surface area contributed by atoms with Crippen LogP contribution in [0.15, 0.2) is 30.3 Å². The third-order valence-electron chi connectivity index (χ3n) is 4.04. The van der Waals surface area contributed by atoms with Gasteiger partial charge in [-0.2, -0.15) is 5.10 Å². The van der Waals surface area contributed by atoms with Gasteiger partial charge in [0.2, 0.25) is 5.88 Å². The van der Waals surface area contributed by atoms with Crippen LogP contribution in [0, 0.1) is 6.92 Å². The van der Waals surface area contributed by atoms with Crippen LogP contribution in [0.1, 0.15) is 18.5 Å². The van der Waals surface area contributed by atoms with E-state index in [9.17, 15) is 19.5 Å². The SMILES string of the molecule is Cc1cc2n(n1)-c1ccccc1B(OC(CC(=O)O)(CC(=O)O)C(=O)O)O2. The average molecular weight is 374 g/mol. The van der Waals surface area contributed by atoms with Crippen LogP contribution in [0.5, 0.6) is 5.88 Å². The monoisotopic (exact) mass is 374 g/mol. The molecule has 0 atom stereocenters. The van der Waals surface area contributed by atoms with Crippen LogP contribution in [0.4, 0.5) is 0 Å². The Kier molecular flexibility index (Phi) is 4.62. The molecule has 0 amide bonds. The van der Waals surface area contributed by atoms with Crippen molar-refractivity contribution in [2.24, 2.45) is 0 Å². The van der Waals surface area contributed by atoms with E-state index in [1.54, 1.807) is 37.3 Å². The topological polar surface area (TPSA) is 148 Å². The largest absolute Gasteiger partial charge is 0.566 e. The molecular formula is C16H15BN2O8. The van der Waals surface area contributed by atoms with Crippen LogP contribution in [-0.2, 0) is 19.0 Å². The molecule has 27 heavy (non-hydrogen) atoms. The molecule has 3 N–H and O–H groups in total. The fourth-order valence-electron chi connectivity index (χ4n) is 2.91. The van der Waals surface area contributed by atoms with Crippen molar-refractivity contribution >= 4 is 30.5 Å². The molecule has 0 bridgehead atoms. The Labute approximate surface area is 153 Å². The van der Waals surface area contributed by atoms with Crippen molar-refractivity contribution in [2.75, 3.05) is 0 Å². The number of aryl methyl sites for hydroxylation is 1. The fraction of sp³-hybridized carbons (Fsp3) is 0.250. The molecule has 1 aliphatic heterocycles. The number of carboxylic acid groups (broad SMARTS) is 3. The van der Waals surface area contributed by atoms with E-state index in [0.717, 1.165) is 0 Å². The highest BCUT2D eigenvalue weighted by Crippen LogP contribution is 2.28. The summed E-state index contributed by atoms with van der Waals surface area (Å²) in [5, 5.41) is 32.1. The van der Waals surface area contributed by atoms with Crippen molar-refractivity contribution in [3.63, 3.8) is 0 Å². The van der Waals surface area contributed by atoms with Crippen molar-refractivity contribution in [3.05, 3.63) is 36.0 Å². The Balaban J connectivity index is 2.05. The van der Waals surface area contributed by atoms with Gasteiger partial charge in [-0.25, -0.2) is 9.48 Å². The molecule has 1 aliphatic rings. The highest BCUT2D eigenvalue weighted by atomic mass is 16.6. The molecule has 0 aliphatic carbocycles. The summed E-state index contributed by atoms with van der Waals surface area (Å²) in [7, 11) is -1.32.